The van der Waals surface area contributed by atoms with Gasteiger partial charge in [-0.2, -0.15) is 0 Å². The molecule has 0 amide bonds. The first-order valence-electron chi connectivity index (χ1n) is 5.65. The topological polar surface area (TPSA) is 26.0 Å². The number of nitrogens with two attached hydrogens (primary N) is 1. The van der Waals surface area contributed by atoms with Gasteiger partial charge in [0, 0.05) is 12.0 Å². The highest BCUT2D eigenvalue weighted by atomic mass is 14.7. The van der Waals surface area contributed by atoms with E-state index in [0.29, 0.717) is 5.41 Å². The molecule has 2 N–H and O–H groups in total. The molecule has 1 aromatic carbocycles. The van der Waals surface area contributed by atoms with Gasteiger partial charge in [-0.25, -0.2) is 0 Å². The summed E-state index contributed by atoms with van der Waals surface area (Å²) in [5, 5.41) is 0. The molecule has 1 fully saturated rings. The van der Waals surface area contributed by atoms with Crippen LogP contribution in [0, 0.1) is 5.92 Å². The van der Waals surface area contributed by atoms with Gasteiger partial charge in [0.1, 0.15) is 0 Å². The summed E-state index contributed by atoms with van der Waals surface area (Å²) in [6, 6.07) is 8.89. The zero-order chi connectivity index (χ0) is 9.60. The minimum atomic E-state index is 0.358. The summed E-state index contributed by atoms with van der Waals surface area (Å²) in [6.07, 6.45) is 5.31. The van der Waals surface area contributed by atoms with E-state index >= 15 is 0 Å². The molecule has 1 nitrogen and oxygen atoms in total. The van der Waals surface area contributed by atoms with Crippen LogP contribution in [0.15, 0.2) is 24.3 Å². The average molecular weight is 187 g/mol. The van der Waals surface area contributed by atoms with Crippen LogP contribution in [0.3, 0.4) is 0 Å². The van der Waals surface area contributed by atoms with Crippen molar-refractivity contribution in [3.05, 3.63) is 35.4 Å². The largest absolute Gasteiger partial charge is 0.330 e. The summed E-state index contributed by atoms with van der Waals surface area (Å²) in [5.74, 6) is 0.885. The Labute approximate surface area is 85.3 Å². The van der Waals surface area contributed by atoms with Gasteiger partial charge >= 0.3 is 0 Å². The zero-order valence-electron chi connectivity index (χ0n) is 8.50. The number of rotatable bonds is 2. The predicted molar refractivity (Wildman–Crippen MR) is 58.2 cm³/mol. The van der Waals surface area contributed by atoms with Crippen LogP contribution in [0.25, 0.3) is 0 Å². The maximum atomic E-state index is 6.02. The number of hydrogen-bond acceptors (Lipinski definition) is 1. The summed E-state index contributed by atoms with van der Waals surface area (Å²) >= 11 is 0. The zero-order valence-corrected chi connectivity index (χ0v) is 8.50. The molecule has 74 valence electrons. The molecule has 0 spiro atoms. The molecular weight excluding hydrogens is 170 g/mol. The maximum Gasteiger partial charge on any atom is 0.0110 e. The van der Waals surface area contributed by atoms with Crippen molar-refractivity contribution in [3.8, 4) is 0 Å². The fraction of sp³-hybridized carbons (Fsp3) is 0.538. The standard InChI is InChI=1S/C13H17N/c14-9-13(11-5-6-11)8-7-10-3-1-2-4-12(10)13/h1-4,11H,5-9,14H2. The van der Waals surface area contributed by atoms with Gasteiger partial charge in [0.25, 0.3) is 0 Å². The van der Waals surface area contributed by atoms with Gasteiger partial charge in [-0.15, -0.1) is 0 Å². The molecule has 14 heavy (non-hydrogen) atoms. The van der Waals surface area contributed by atoms with Crippen LogP contribution in [-0.4, -0.2) is 6.54 Å². The van der Waals surface area contributed by atoms with Crippen molar-refractivity contribution in [2.24, 2.45) is 11.7 Å². The van der Waals surface area contributed by atoms with Crippen molar-refractivity contribution in [1.82, 2.24) is 0 Å². The van der Waals surface area contributed by atoms with Crippen LogP contribution in [-0.2, 0) is 11.8 Å². The lowest BCUT2D eigenvalue weighted by molar-refractivity contribution is 0.378. The third-order valence-electron chi connectivity index (χ3n) is 4.12. The van der Waals surface area contributed by atoms with Gasteiger partial charge in [-0.05, 0) is 42.7 Å². The van der Waals surface area contributed by atoms with E-state index in [4.69, 9.17) is 5.73 Å². The summed E-state index contributed by atoms with van der Waals surface area (Å²) in [6.45, 7) is 0.842. The molecule has 1 heteroatoms. The lowest BCUT2D eigenvalue weighted by atomic mass is 9.77. The monoisotopic (exact) mass is 187 g/mol. The Morgan fingerprint density at radius 3 is 2.79 bits per heavy atom. The fourth-order valence-electron chi connectivity index (χ4n) is 3.16. The number of aryl methyl sites for hydroxylation is 1. The number of fused-ring (bicyclic) bond motifs is 1. The lowest BCUT2D eigenvalue weighted by Gasteiger charge is -2.28. The highest BCUT2D eigenvalue weighted by Crippen LogP contribution is 2.53. The van der Waals surface area contributed by atoms with Crippen LogP contribution in [0.4, 0.5) is 0 Å². The van der Waals surface area contributed by atoms with E-state index in [9.17, 15) is 0 Å². The molecule has 1 atom stereocenters. The molecule has 1 saturated carbocycles. The first kappa shape index (κ1) is 8.49. The Morgan fingerprint density at radius 1 is 1.29 bits per heavy atom. The first-order valence-corrected chi connectivity index (χ1v) is 5.65. The second-order valence-corrected chi connectivity index (χ2v) is 4.79. The molecule has 2 aliphatic carbocycles. The molecule has 2 aliphatic rings. The van der Waals surface area contributed by atoms with Gasteiger partial charge in [0.15, 0.2) is 0 Å². The summed E-state index contributed by atoms with van der Waals surface area (Å²) in [5.41, 5.74) is 9.49. The molecule has 1 aromatic rings. The van der Waals surface area contributed by atoms with Crippen LogP contribution in [0.1, 0.15) is 30.4 Å². The van der Waals surface area contributed by atoms with E-state index in [0.717, 1.165) is 12.5 Å². The Morgan fingerprint density at radius 2 is 2.07 bits per heavy atom. The van der Waals surface area contributed by atoms with Gasteiger partial charge in [-0.3, -0.25) is 0 Å². The smallest absolute Gasteiger partial charge is 0.0110 e. The van der Waals surface area contributed by atoms with Crippen molar-refractivity contribution in [3.63, 3.8) is 0 Å². The highest BCUT2D eigenvalue weighted by molar-refractivity contribution is 5.41. The normalized spacial score (nSPS) is 30.4. The number of benzene rings is 1. The van der Waals surface area contributed by atoms with E-state index in [1.54, 1.807) is 11.1 Å². The summed E-state index contributed by atoms with van der Waals surface area (Å²) < 4.78 is 0. The second-order valence-electron chi connectivity index (χ2n) is 4.79. The van der Waals surface area contributed by atoms with Crippen molar-refractivity contribution in [1.29, 1.82) is 0 Å². The van der Waals surface area contributed by atoms with Crippen LogP contribution in [0.5, 0.6) is 0 Å². The molecular formula is C13H17N. The molecule has 3 rings (SSSR count). The van der Waals surface area contributed by atoms with Gasteiger partial charge in [0.05, 0.1) is 0 Å². The van der Waals surface area contributed by atoms with Gasteiger partial charge < -0.3 is 5.73 Å². The minimum absolute atomic E-state index is 0.358. The molecule has 1 unspecified atom stereocenters. The van der Waals surface area contributed by atoms with Crippen LogP contribution in [0.2, 0.25) is 0 Å². The van der Waals surface area contributed by atoms with E-state index in [1.807, 2.05) is 0 Å². The molecule has 0 radical (unpaired) electrons. The fourth-order valence-corrected chi connectivity index (χ4v) is 3.16. The number of hydrogen-bond donors (Lipinski definition) is 1. The summed E-state index contributed by atoms with van der Waals surface area (Å²) in [7, 11) is 0. The first-order chi connectivity index (χ1) is 6.87. The predicted octanol–water partition coefficient (Wildman–Crippen LogP) is 2.24. The Bertz CT molecular complexity index is 354. The van der Waals surface area contributed by atoms with Crippen molar-refractivity contribution in [2.75, 3.05) is 6.54 Å². The Hall–Kier alpha value is -0.820. The van der Waals surface area contributed by atoms with E-state index in [1.165, 1.54) is 25.7 Å². The van der Waals surface area contributed by atoms with E-state index in [-0.39, 0.29) is 0 Å². The van der Waals surface area contributed by atoms with Crippen molar-refractivity contribution < 1.29 is 0 Å². The van der Waals surface area contributed by atoms with Crippen LogP contribution >= 0.6 is 0 Å². The quantitative estimate of drug-likeness (QED) is 0.755. The minimum Gasteiger partial charge on any atom is -0.330 e. The molecule has 0 heterocycles. The maximum absolute atomic E-state index is 6.02. The average Bonchev–Trinajstić information content (AvgIpc) is 3.01. The van der Waals surface area contributed by atoms with Gasteiger partial charge in [-0.1, -0.05) is 24.3 Å². The Kier molecular flexibility index (Phi) is 1.72. The molecule has 0 bridgehead atoms. The third-order valence-corrected chi connectivity index (χ3v) is 4.12. The second kappa shape index (κ2) is 2.83. The summed E-state index contributed by atoms with van der Waals surface area (Å²) in [4.78, 5) is 0. The molecule has 0 aliphatic heterocycles. The van der Waals surface area contributed by atoms with E-state index < -0.39 is 0 Å². The SMILES string of the molecule is NCC1(C2CC2)CCc2ccccc21. The highest BCUT2D eigenvalue weighted by Gasteiger charge is 2.48. The lowest BCUT2D eigenvalue weighted by Crippen LogP contribution is -2.35. The van der Waals surface area contributed by atoms with Gasteiger partial charge in [0.2, 0.25) is 0 Å². The van der Waals surface area contributed by atoms with Crippen molar-refractivity contribution >= 4 is 0 Å². The van der Waals surface area contributed by atoms with E-state index in [2.05, 4.69) is 24.3 Å². The molecule has 0 saturated heterocycles. The van der Waals surface area contributed by atoms with Crippen molar-refractivity contribution in [2.45, 2.75) is 31.1 Å². The third kappa shape index (κ3) is 0.992. The van der Waals surface area contributed by atoms with Crippen LogP contribution < -0.4 is 5.73 Å². The Balaban J connectivity index is 2.09. The molecule has 0 aromatic heterocycles.